The van der Waals surface area contributed by atoms with Crippen LogP contribution in [0.3, 0.4) is 0 Å². The smallest absolute Gasteiger partial charge is 0.319 e. The van der Waals surface area contributed by atoms with E-state index in [0.29, 0.717) is 0 Å². The maximum absolute atomic E-state index is 11.8. The molecule has 0 saturated heterocycles. The van der Waals surface area contributed by atoms with Crippen LogP contribution in [0.2, 0.25) is 0 Å². The van der Waals surface area contributed by atoms with E-state index >= 15 is 0 Å². The van der Waals surface area contributed by atoms with Crippen molar-refractivity contribution in [3.05, 3.63) is 28.2 Å². The fraction of sp³-hybridized carbons (Fsp3) is 0.385. The van der Waals surface area contributed by atoms with Gasteiger partial charge in [-0.2, -0.15) is 0 Å². The van der Waals surface area contributed by atoms with Crippen molar-refractivity contribution in [2.75, 3.05) is 11.1 Å². The van der Waals surface area contributed by atoms with Crippen LogP contribution in [0.1, 0.15) is 19.4 Å². The number of carbonyl (C=O) groups is 2. The molecule has 0 aliphatic heterocycles. The summed E-state index contributed by atoms with van der Waals surface area (Å²) in [7, 11) is 0. The number of benzene rings is 1. The molecule has 4 nitrogen and oxygen atoms in total. The predicted octanol–water partition coefficient (Wildman–Crippen LogP) is 3.29. The molecule has 104 valence electrons. The minimum Gasteiger partial charge on any atom is -0.480 e. The molecule has 0 bridgehead atoms. The SMILES string of the molecule is Cc1cc(Br)ccc1NC(=O)CSC(C)(C)C(=O)O. The fourth-order valence-electron chi connectivity index (χ4n) is 1.26. The Morgan fingerprint density at radius 1 is 1.42 bits per heavy atom. The lowest BCUT2D eigenvalue weighted by Gasteiger charge is -2.18. The number of anilines is 1. The first-order valence-electron chi connectivity index (χ1n) is 5.66. The Morgan fingerprint density at radius 2 is 2.05 bits per heavy atom. The van der Waals surface area contributed by atoms with Gasteiger partial charge < -0.3 is 10.4 Å². The van der Waals surface area contributed by atoms with E-state index < -0.39 is 10.7 Å². The van der Waals surface area contributed by atoms with Gasteiger partial charge in [0.05, 0.1) is 5.75 Å². The van der Waals surface area contributed by atoms with Crippen LogP contribution < -0.4 is 5.32 Å². The number of carboxylic acid groups (broad SMARTS) is 1. The Morgan fingerprint density at radius 3 is 2.58 bits per heavy atom. The number of rotatable bonds is 5. The van der Waals surface area contributed by atoms with E-state index in [1.54, 1.807) is 13.8 Å². The van der Waals surface area contributed by atoms with E-state index in [9.17, 15) is 9.59 Å². The van der Waals surface area contributed by atoms with Crippen molar-refractivity contribution in [3.63, 3.8) is 0 Å². The molecule has 0 fully saturated rings. The van der Waals surface area contributed by atoms with E-state index in [1.807, 2.05) is 25.1 Å². The summed E-state index contributed by atoms with van der Waals surface area (Å²) in [6.45, 7) is 5.06. The van der Waals surface area contributed by atoms with E-state index in [-0.39, 0.29) is 11.7 Å². The fourth-order valence-corrected chi connectivity index (χ4v) is 2.42. The van der Waals surface area contributed by atoms with Gasteiger partial charge in [0.25, 0.3) is 0 Å². The van der Waals surface area contributed by atoms with Gasteiger partial charge in [0.15, 0.2) is 0 Å². The number of thioether (sulfide) groups is 1. The second kappa shape index (κ2) is 6.43. The van der Waals surface area contributed by atoms with Crippen molar-refractivity contribution in [2.24, 2.45) is 0 Å². The standard InChI is InChI=1S/C13H16BrNO3S/c1-8-6-9(14)4-5-10(8)15-11(16)7-19-13(2,3)12(17)18/h4-6H,7H2,1-3H3,(H,15,16)(H,17,18). The zero-order chi connectivity index (χ0) is 14.6. The van der Waals surface area contributed by atoms with Crippen LogP contribution in [-0.2, 0) is 9.59 Å². The number of hydrogen-bond donors (Lipinski definition) is 2. The minimum absolute atomic E-state index is 0.106. The van der Waals surface area contributed by atoms with Crippen molar-refractivity contribution < 1.29 is 14.7 Å². The van der Waals surface area contributed by atoms with Crippen molar-refractivity contribution in [1.82, 2.24) is 0 Å². The molecule has 19 heavy (non-hydrogen) atoms. The van der Waals surface area contributed by atoms with Gasteiger partial charge >= 0.3 is 5.97 Å². The molecule has 0 spiro atoms. The molecular formula is C13H16BrNO3S. The summed E-state index contributed by atoms with van der Waals surface area (Å²) in [4.78, 5) is 22.7. The summed E-state index contributed by atoms with van der Waals surface area (Å²) in [5.41, 5.74) is 1.69. The highest BCUT2D eigenvalue weighted by Crippen LogP contribution is 2.25. The van der Waals surface area contributed by atoms with Crippen LogP contribution in [0.4, 0.5) is 5.69 Å². The molecule has 1 aromatic carbocycles. The normalized spacial score (nSPS) is 11.2. The quantitative estimate of drug-likeness (QED) is 0.859. The van der Waals surface area contributed by atoms with Crippen molar-refractivity contribution >= 4 is 45.3 Å². The lowest BCUT2D eigenvalue weighted by atomic mass is 10.2. The van der Waals surface area contributed by atoms with E-state index in [2.05, 4.69) is 21.2 Å². The van der Waals surface area contributed by atoms with Gasteiger partial charge in [-0.05, 0) is 44.5 Å². The zero-order valence-electron chi connectivity index (χ0n) is 11.0. The van der Waals surface area contributed by atoms with Gasteiger partial charge in [-0.1, -0.05) is 15.9 Å². The maximum Gasteiger partial charge on any atom is 0.319 e. The van der Waals surface area contributed by atoms with E-state index in [0.717, 1.165) is 27.5 Å². The summed E-state index contributed by atoms with van der Waals surface area (Å²) < 4.78 is -0.0177. The Hall–Kier alpha value is -1.01. The number of hydrogen-bond acceptors (Lipinski definition) is 3. The first kappa shape index (κ1) is 16.0. The average molecular weight is 346 g/mol. The van der Waals surface area contributed by atoms with Crippen molar-refractivity contribution in [3.8, 4) is 0 Å². The average Bonchev–Trinajstić information content (AvgIpc) is 2.30. The largest absolute Gasteiger partial charge is 0.480 e. The van der Waals surface area contributed by atoms with Gasteiger partial charge in [0, 0.05) is 10.2 Å². The highest BCUT2D eigenvalue weighted by molar-refractivity contribution is 9.10. The number of aliphatic carboxylic acids is 1. The molecule has 1 amide bonds. The molecule has 0 unspecified atom stereocenters. The summed E-state index contributed by atoms with van der Waals surface area (Å²) in [6.07, 6.45) is 0. The van der Waals surface area contributed by atoms with Gasteiger partial charge in [-0.25, -0.2) is 0 Å². The van der Waals surface area contributed by atoms with Crippen LogP contribution in [-0.4, -0.2) is 27.5 Å². The lowest BCUT2D eigenvalue weighted by molar-refractivity contribution is -0.138. The molecule has 0 aliphatic carbocycles. The number of carbonyl (C=O) groups excluding carboxylic acids is 1. The monoisotopic (exact) mass is 345 g/mol. The third kappa shape index (κ3) is 4.87. The summed E-state index contributed by atoms with van der Waals surface area (Å²) in [6, 6.07) is 5.56. The van der Waals surface area contributed by atoms with Crippen LogP contribution in [0, 0.1) is 6.92 Å². The zero-order valence-corrected chi connectivity index (χ0v) is 13.4. The first-order valence-corrected chi connectivity index (χ1v) is 7.43. The van der Waals surface area contributed by atoms with E-state index in [4.69, 9.17) is 5.11 Å². The van der Waals surface area contributed by atoms with Crippen molar-refractivity contribution in [2.45, 2.75) is 25.5 Å². The van der Waals surface area contributed by atoms with Crippen molar-refractivity contribution in [1.29, 1.82) is 0 Å². The van der Waals surface area contributed by atoms with Gasteiger partial charge in [-0.3, -0.25) is 9.59 Å². The van der Waals surface area contributed by atoms with Crippen LogP contribution >= 0.6 is 27.7 Å². The van der Waals surface area contributed by atoms with E-state index in [1.165, 1.54) is 0 Å². The highest BCUT2D eigenvalue weighted by atomic mass is 79.9. The Balaban J connectivity index is 2.59. The molecule has 6 heteroatoms. The summed E-state index contributed by atoms with van der Waals surface area (Å²) in [5.74, 6) is -1.02. The second-order valence-corrected chi connectivity index (χ2v) is 7.13. The van der Waals surface area contributed by atoms with Crippen LogP contribution in [0.15, 0.2) is 22.7 Å². The first-order chi connectivity index (χ1) is 8.72. The summed E-state index contributed by atoms with van der Waals surface area (Å²) >= 11 is 4.46. The molecule has 2 N–H and O–H groups in total. The molecular weight excluding hydrogens is 330 g/mol. The number of halogens is 1. The number of aryl methyl sites for hydroxylation is 1. The molecule has 0 saturated carbocycles. The second-order valence-electron chi connectivity index (χ2n) is 4.61. The molecule has 0 aliphatic rings. The number of amides is 1. The lowest BCUT2D eigenvalue weighted by Crippen LogP contribution is -2.29. The topological polar surface area (TPSA) is 66.4 Å². The Labute approximate surface area is 125 Å². The van der Waals surface area contributed by atoms with Crippen LogP contribution in [0.25, 0.3) is 0 Å². The Bertz CT molecular complexity index is 503. The minimum atomic E-state index is -0.966. The van der Waals surface area contributed by atoms with Crippen LogP contribution in [0.5, 0.6) is 0 Å². The summed E-state index contributed by atoms with van der Waals surface area (Å²) in [5, 5.41) is 11.7. The third-order valence-electron chi connectivity index (χ3n) is 2.54. The van der Waals surface area contributed by atoms with Gasteiger partial charge in [0.2, 0.25) is 5.91 Å². The molecule has 0 radical (unpaired) electrons. The molecule has 0 atom stereocenters. The third-order valence-corrected chi connectivity index (χ3v) is 4.34. The molecule has 0 aromatic heterocycles. The molecule has 1 rings (SSSR count). The van der Waals surface area contributed by atoms with Gasteiger partial charge in [0.1, 0.15) is 4.75 Å². The maximum atomic E-state index is 11.8. The Kier molecular flexibility index (Phi) is 5.43. The number of nitrogens with one attached hydrogen (secondary N) is 1. The highest BCUT2D eigenvalue weighted by Gasteiger charge is 2.28. The predicted molar refractivity (Wildman–Crippen MR) is 81.7 cm³/mol. The number of carboxylic acids is 1. The molecule has 0 heterocycles. The molecule has 1 aromatic rings. The van der Waals surface area contributed by atoms with Gasteiger partial charge in [-0.15, -0.1) is 11.8 Å².